The second-order valence-corrected chi connectivity index (χ2v) is 7.13. The molecule has 0 radical (unpaired) electrons. The lowest BCUT2D eigenvalue weighted by Crippen LogP contribution is -2.26. The van der Waals surface area contributed by atoms with Crippen LogP contribution >= 0.6 is 11.6 Å². The minimum Gasteiger partial charge on any atom is -0.494 e. The van der Waals surface area contributed by atoms with Gasteiger partial charge in [0.25, 0.3) is 0 Å². The number of aromatic nitrogens is 1. The van der Waals surface area contributed by atoms with E-state index in [1.807, 2.05) is 18.2 Å². The molecular weight excluding hydrogens is 338 g/mol. The SMILES string of the molecule is CC(=O)c1c(O)[nH]c2cc(Cl)c(-c3ccc(C4CC(O)C4)cc3)cc12. The number of Topliss-reactive ketones (excluding diaryl/α,β-unsaturated/α-hetero) is 1. The van der Waals surface area contributed by atoms with Crippen molar-refractivity contribution in [2.75, 3.05) is 0 Å². The number of carbonyl (C=O) groups excluding carboxylic acids is 1. The molecule has 0 bridgehead atoms. The number of halogens is 1. The van der Waals surface area contributed by atoms with Crippen LogP contribution in [0.2, 0.25) is 5.02 Å². The standard InChI is InChI=1S/C20H18ClNO3/c1-10(23)19-16-8-15(17(21)9-18(16)22-20(19)25)12-4-2-11(3-5-12)13-6-14(24)7-13/h2-5,8-9,13-14,22,24-25H,6-7H2,1H3. The molecule has 128 valence electrons. The molecule has 3 aromatic rings. The zero-order chi connectivity index (χ0) is 17.7. The maximum Gasteiger partial charge on any atom is 0.200 e. The Kier molecular flexibility index (Phi) is 3.82. The van der Waals surface area contributed by atoms with Crippen LogP contribution in [-0.4, -0.2) is 27.1 Å². The van der Waals surface area contributed by atoms with Gasteiger partial charge in [-0.3, -0.25) is 4.79 Å². The molecule has 1 aliphatic carbocycles. The summed E-state index contributed by atoms with van der Waals surface area (Å²) in [6.07, 6.45) is 1.46. The summed E-state index contributed by atoms with van der Waals surface area (Å²) in [7, 11) is 0. The molecule has 1 aromatic heterocycles. The van der Waals surface area contributed by atoms with Gasteiger partial charge >= 0.3 is 0 Å². The Balaban J connectivity index is 1.76. The summed E-state index contributed by atoms with van der Waals surface area (Å²) in [4.78, 5) is 14.6. The maximum atomic E-state index is 11.8. The summed E-state index contributed by atoms with van der Waals surface area (Å²) in [5.74, 6) is 0.0958. The molecule has 1 aliphatic rings. The number of hydrogen-bond donors (Lipinski definition) is 3. The van der Waals surface area contributed by atoms with Crippen molar-refractivity contribution in [3.63, 3.8) is 0 Å². The highest BCUT2D eigenvalue weighted by Gasteiger charge is 2.28. The van der Waals surface area contributed by atoms with Crippen LogP contribution in [-0.2, 0) is 0 Å². The molecule has 2 aromatic carbocycles. The molecule has 1 fully saturated rings. The molecule has 0 unspecified atom stereocenters. The van der Waals surface area contributed by atoms with Crippen LogP contribution in [0.1, 0.15) is 41.6 Å². The molecule has 4 rings (SSSR count). The van der Waals surface area contributed by atoms with Crippen LogP contribution in [0.5, 0.6) is 5.88 Å². The number of aromatic hydroxyl groups is 1. The van der Waals surface area contributed by atoms with Crippen LogP contribution in [0.3, 0.4) is 0 Å². The molecule has 5 heteroatoms. The van der Waals surface area contributed by atoms with Crippen molar-refractivity contribution in [2.24, 2.45) is 0 Å². The molecule has 0 saturated heterocycles. The summed E-state index contributed by atoms with van der Waals surface area (Å²) in [5, 5.41) is 20.6. The van der Waals surface area contributed by atoms with Crippen molar-refractivity contribution in [1.82, 2.24) is 4.98 Å². The lowest BCUT2D eigenvalue weighted by Gasteiger charge is -2.31. The number of aliphatic hydroxyl groups is 1. The highest BCUT2D eigenvalue weighted by atomic mass is 35.5. The van der Waals surface area contributed by atoms with Crippen LogP contribution in [0, 0.1) is 0 Å². The average Bonchev–Trinajstić information content (AvgIpc) is 2.86. The maximum absolute atomic E-state index is 11.8. The van der Waals surface area contributed by atoms with Crippen molar-refractivity contribution in [3.05, 3.63) is 52.5 Å². The summed E-state index contributed by atoms with van der Waals surface area (Å²) < 4.78 is 0. The second-order valence-electron chi connectivity index (χ2n) is 6.73. The Bertz CT molecular complexity index is 969. The molecule has 0 aliphatic heterocycles. The predicted molar refractivity (Wildman–Crippen MR) is 98.4 cm³/mol. The molecular formula is C20H18ClNO3. The van der Waals surface area contributed by atoms with E-state index in [9.17, 15) is 15.0 Å². The van der Waals surface area contributed by atoms with E-state index < -0.39 is 0 Å². The van der Waals surface area contributed by atoms with Crippen LogP contribution in [0.4, 0.5) is 0 Å². The van der Waals surface area contributed by atoms with Crippen LogP contribution in [0.25, 0.3) is 22.0 Å². The van der Waals surface area contributed by atoms with E-state index in [1.54, 1.807) is 6.07 Å². The number of H-pyrrole nitrogens is 1. The van der Waals surface area contributed by atoms with Gasteiger partial charge in [-0.05, 0) is 48.9 Å². The van der Waals surface area contributed by atoms with Gasteiger partial charge in [0.2, 0.25) is 5.88 Å². The van der Waals surface area contributed by atoms with Crippen molar-refractivity contribution in [2.45, 2.75) is 31.8 Å². The molecule has 25 heavy (non-hydrogen) atoms. The van der Waals surface area contributed by atoms with E-state index >= 15 is 0 Å². The van der Waals surface area contributed by atoms with Gasteiger partial charge < -0.3 is 15.2 Å². The zero-order valence-corrected chi connectivity index (χ0v) is 14.5. The van der Waals surface area contributed by atoms with Crippen molar-refractivity contribution >= 4 is 28.3 Å². The van der Waals surface area contributed by atoms with Crippen molar-refractivity contribution in [1.29, 1.82) is 0 Å². The lowest BCUT2D eigenvalue weighted by molar-refractivity contribution is 0.0746. The Hall–Kier alpha value is -2.30. The first-order valence-corrected chi connectivity index (χ1v) is 8.65. The third-order valence-corrected chi connectivity index (χ3v) is 5.34. The summed E-state index contributed by atoms with van der Waals surface area (Å²) in [5.41, 5.74) is 3.90. The minimum absolute atomic E-state index is 0.130. The molecule has 0 spiro atoms. The van der Waals surface area contributed by atoms with Gasteiger partial charge in [0.15, 0.2) is 5.78 Å². The van der Waals surface area contributed by atoms with E-state index in [2.05, 4.69) is 17.1 Å². The first kappa shape index (κ1) is 16.2. The molecule has 1 heterocycles. The third kappa shape index (κ3) is 2.71. The monoisotopic (exact) mass is 355 g/mol. The van der Waals surface area contributed by atoms with Gasteiger partial charge in [0, 0.05) is 10.9 Å². The third-order valence-electron chi connectivity index (χ3n) is 5.02. The van der Waals surface area contributed by atoms with E-state index in [0.29, 0.717) is 21.8 Å². The number of aliphatic hydroxyl groups excluding tert-OH is 1. The van der Waals surface area contributed by atoms with Gasteiger partial charge in [0.05, 0.1) is 22.2 Å². The van der Waals surface area contributed by atoms with Crippen molar-refractivity contribution < 1.29 is 15.0 Å². The summed E-state index contributed by atoms with van der Waals surface area (Å²) in [6, 6.07) is 11.7. The number of nitrogens with one attached hydrogen (secondary N) is 1. The number of rotatable bonds is 3. The quantitative estimate of drug-likeness (QED) is 0.599. The predicted octanol–water partition coefficient (Wildman–Crippen LogP) is 4.63. The largest absolute Gasteiger partial charge is 0.494 e. The number of carbonyl (C=O) groups is 1. The number of fused-ring (bicyclic) bond motifs is 1. The Morgan fingerprint density at radius 2 is 1.88 bits per heavy atom. The highest BCUT2D eigenvalue weighted by molar-refractivity contribution is 6.34. The minimum atomic E-state index is -0.198. The fraction of sp³-hybridized carbons (Fsp3) is 0.250. The van der Waals surface area contributed by atoms with Gasteiger partial charge in [-0.15, -0.1) is 0 Å². The Labute approximate surface area is 150 Å². The fourth-order valence-corrected chi connectivity index (χ4v) is 3.85. The number of ketones is 1. The second kappa shape index (κ2) is 5.90. The molecule has 3 N–H and O–H groups in total. The average molecular weight is 356 g/mol. The van der Waals surface area contributed by atoms with E-state index in [-0.39, 0.29) is 23.3 Å². The van der Waals surface area contributed by atoms with Gasteiger partial charge in [-0.25, -0.2) is 0 Å². The number of hydrogen-bond acceptors (Lipinski definition) is 3. The lowest BCUT2D eigenvalue weighted by atomic mass is 9.77. The summed E-state index contributed by atoms with van der Waals surface area (Å²) >= 11 is 6.42. The molecule has 4 nitrogen and oxygen atoms in total. The molecule has 0 amide bonds. The summed E-state index contributed by atoms with van der Waals surface area (Å²) in [6.45, 7) is 1.43. The Morgan fingerprint density at radius 1 is 1.20 bits per heavy atom. The van der Waals surface area contributed by atoms with E-state index in [4.69, 9.17) is 11.6 Å². The first-order chi connectivity index (χ1) is 11.9. The smallest absolute Gasteiger partial charge is 0.200 e. The van der Waals surface area contributed by atoms with E-state index in [1.165, 1.54) is 12.5 Å². The van der Waals surface area contributed by atoms with Gasteiger partial charge in [0.1, 0.15) is 0 Å². The van der Waals surface area contributed by atoms with Gasteiger partial charge in [-0.2, -0.15) is 0 Å². The van der Waals surface area contributed by atoms with Gasteiger partial charge in [-0.1, -0.05) is 35.9 Å². The molecule has 1 saturated carbocycles. The topological polar surface area (TPSA) is 73.3 Å². The fourth-order valence-electron chi connectivity index (χ4n) is 3.57. The molecule has 0 atom stereocenters. The van der Waals surface area contributed by atoms with E-state index in [0.717, 1.165) is 24.0 Å². The van der Waals surface area contributed by atoms with Crippen LogP contribution in [0.15, 0.2) is 36.4 Å². The highest BCUT2D eigenvalue weighted by Crippen LogP contribution is 2.39. The van der Waals surface area contributed by atoms with Crippen molar-refractivity contribution in [3.8, 4) is 17.0 Å². The Morgan fingerprint density at radius 3 is 2.48 bits per heavy atom. The number of benzene rings is 2. The first-order valence-electron chi connectivity index (χ1n) is 8.27. The van der Waals surface area contributed by atoms with Crippen LogP contribution < -0.4 is 0 Å². The number of aromatic amines is 1. The normalized spacial score (nSPS) is 19.8. The zero-order valence-electron chi connectivity index (χ0n) is 13.7.